The van der Waals surface area contributed by atoms with Crippen molar-refractivity contribution in [2.24, 2.45) is 5.14 Å². The number of benzene rings is 1. The summed E-state index contributed by atoms with van der Waals surface area (Å²) in [7, 11) is -1.88. The Morgan fingerprint density at radius 2 is 2.05 bits per heavy atom. The van der Waals surface area contributed by atoms with Gasteiger partial charge in [0.15, 0.2) is 0 Å². The molecule has 3 N–H and O–H groups in total. The van der Waals surface area contributed by atoms with Gasteiger partial charge >= 0.3 is 0 Å². The zero-order valence-corrected chi connectivity index (χ0v) is 13.0. The van der Waals surface area contributed by atoms with Crippen molar-refractivity contribution in [3.05, 3.63) is 41.7 Å². The van der Waals surface area contributed by atoms with Crippen molar-refractivity contribution < 1.29 is 8.42 Å². The highest BCUT2D eigenvalue weighted by atomic mass is 32.2. The molecule has 1 aliphatic rings. The second-order valence-corrected chi connectivity index (χ2v) is 6.72. The van der Waals surface area contributed by atoms with E-state index in [1.54, 1.807) is 19.2 Å². The largest absolute Gasteiger partial charge is 0.373 e. The van der Waals surface area contributed by atoms with Gasteiger partial charge < -0.3 is 10.2 Å². The number of fused-ring (bicyclic) bond motifs is 1. The molecule has 0 radical (unpaired) electrons. The summed E-state index contributed by atoms with van der Waals surface area (Å²) in [6.07, 6.45) is 2.34. The summed E-state index contributed by atoms with van der Waals surface area (Å²) in [5.74, 6) is 1.56. The fourth-order valence-corrected chi connectivity index (χ4v) is 3.13. The molecular weight excluding hydrogens is 302 g/mol. The second kappa shape index (κ2) is 5.54. The summed E-state index contributed by atoms with van der Waals surface area (Å²) >= 11 is 0. The minimum absolute atomic E-state index is 0.145. The number of rotatable bonds is 3. The van der Waals surface area contributed by atoms with E-state index in [-0.39, 0.29) is 4.90 Å². The molecule has 1 aromatic heterocycles. The van der Waals surface area contributed by atoms with Crippen molar-refractivity contribution in [1.29, 1.82) is 0 Å². The van der Waals surface area contributed by atoms with E-state index in [0.29, 0.717) is 6.54 Å². The Morgan fingerprint density at radius 3 is 2.77 bits per heavy atom. The van der Waals surface area contributed by atoms with E-state index in [4.69, 9.17) is 5.14 Å². The van der Waals surface area contributed by atoms with Gasteiger partial charge in [-0.3, -0.25) is 0 Å². The molecule has 2 aromatic rings. The van der Waals surface area contributed by atoms with Gasteiger partial charge in [0.05, 0.1) is 4.90 Å². The van der Waals surface area contributed by atoms with Gasteiger partial charge in [0.25, 0.3) is 0 Å². The van der Waals surface area contributed by atoms with Crippen molar-refractivity contribution >= 4 is 21.7 Å². The molecule has 0 unspecified atom stereocenters. The van der Waals surface area contributed by atoms with Crippen molar-refractivity contribution in [1.82, 2.24) is 9.97 Å². The molecule has 0 saturated heterocycles. The van der Waals surface area contributed by atoms with Crippen LogP contribution in [0, 0.1) is 0 Å². The fraction of sp³-hybridized carbons (Fsp3) is 0.286. The molecule has 0 atom stereocenters. The predicted molar refractivity (Wildman–Crippen MR) is 84.1 cm³/mol. The monoisotopic (exact) mass is 319 g/mol. The van der Waals surface area contributed by atoms with Gasteiger partial charge in [0, 0.05) is 26.2 Å². The molecule has 0 saturated carbocycles. The van der Waals surface area contributed by atoms with Crippen LogP contribution < -0.4 is 15.4 Å². The minimum atomic E-state index is -3.68. The Hall–Kier alpha value is -2.19. The molecule has 3 rings (SSSR count). The maximum Gasteiger partial charge on any atom is 0.238 e. The zero-order chi connectivity index (χ0) is 15.7. The zero-order valence-electron chi connectivity index (χ0n) is 12.2. The molecule has 0 spiro atoms. The normalized spacial score (nSPS) is 14.5. The average Bonchev–Trinajstić information content (AvgIpc) is 2.53. The number of nitrogens with two attached hydrogens (primary N) is 1. The second-order valence-electron chi connectivity index (χ2n) is 5.16. The third-order valence-corrected chi connectivity index (χ3v) is 4.66. The molecule has 22 heavy (non-hydrogen) atoms. The van der Waals surface area contributed by atoms with Gasteiger partial charge in [-0.1, -0.05) is 6.07 Å². The molecule has 0 bridgehead atoms. The first-order valence-corrected chi connectivity index (χ1v) is 8.41. The van der Waals surface area contributed by atoms with Crippen LogP contribution in [0.2, 0.25) is 0 Å². The highest BCUT2D eigenvalue weighted by Crippen LogP contribution is 2.25. The molecule has 0 fully saturated rings. The quantitative estimate of drug-likeness (QED) is 0.865. The van der Waals surface area contributed by atoms with E-state index in [1.807, 2.05) is 12.1 Å². The van der Waals surface area contributed by atoms with Crippen LogP contribution in [-0.2, 0) is 23.0 Å². The smallest absolute Gasteiger partial charge is 0.238 e. The summed E-state index contributed by atoms with van der Waals surface area (Å²) in [6.45, 7) is 1.42. The van der Waals surface area contributed by atoms with Crippen molar-refractivity contribution in [3.8, 4) is 0 Å². The lowest BCUT2D eigenvalue weighted by Gasteiger charge is -2.30. The van der Waals surface area contributed by atoms with Crippen LogP contribution in [0.15, 0.2) is 35.5 Å². The number of hydrogen-bond acceptors (Lipinski definition) is 6. The van der Waals surface area contributed by atoms with E-state index >= 15 is 0 Å². The van der Waals surface area contributed by atoms with Gasteiger partial charge in [-0.2, -0.15) is 0 Å². The number of primary sulfonamides is 1. The van der Waals surface area contributed by atoms with E-state index in [2.05, 4.69) is 20.2 Å². The van der Waals surface area contributed by atoms with E-state index < -0.39 is 10.0 Å². The summed E-state index contributed by atoms with van der Waals surface area (Å²) in [6, 6.07) is 6.92. The first-order valence-electron chi connectivity index (χ1n) is 6.87. The third kappa shape index (κ3) is 2.88. The SMILES string of the molecule is CNc1cc(N2CCc3ccc(S(N)(=O)=O)cc3C2)ncn1. The van der Waals surface area contributed by atoms with Crippen LogP contribution in [0.25, 0.3) is 0 Å². The Balaban J connectivity index is 1.92. The fourth-order valence-electron chi connectivity index (χ4n) is 2.56. The van der Waals surface area contributed by atoms with Crippen molar-refractivity contribution in [3.63, 3.8) is 0 Å². The predicted octanol–water partition coefficient (Wildman–Crippen LogP) is 0.728. The lowest BCUT2D eigenvalue weighted by molar-refractivity contribution is 0.597. The molecule has 1 aliphatic heterocycles. The lowest BCUT2D eigenvalue weighted by Crippen LogP contribution is -2.31. The van der Waals surface area contributed by atoms with Crippen molar-refractivity contribution in [2.75, 3.05) is 23.8 Å². The number of sulfonamides is 1. The Kier molecular flexibility index (Phi) is 3.71. The summed E-state index contributed by atoms with van der Waals surface area (Å²) in [4.78, 5) is 10.6. The number of nitrogens with zero attached hydrogens (tertiary/aromatic N) is 3. The van der Waals surface area contributed by atoms with Gasteiger partial charge in [-0.25, -0.2) is 23.5 Å². The first-order chi connectivity index (χ1) is 10.5. The molecule has 2 heterocycles. The summed E-state index contributed by atoms with van der Waals surface area (Å²) in [5.41, 5.74) is 2.11. The summed E-state index contributed by atoms with van der Waals surface area (Å²) < 4.78 is 23.0. The van der Waals surface area contributed by atoms with Crippen LogP contribution in [0.4, 0.5) is 11.6 Å². The van der Waals surface area contributed by atoms with Gasteiger partial charge in [-0.05, 0) is 29.7 Å². The average molecular weight is 319 g/mol. The lowest BCUT2D eigenvalue weighted by atomic mass is 10.00. The van der Waals surface area contributed by atoms with Crippen LogP contribution in [0.3, 0.4) is 0 Å². The molecule has 7 nitrogen and oxygen atoms in total. The molecular formula is C14H17N5O2S. The van der Waals surface area contributed by atoms with Crippen LogP contribution in [-0.4, -0.2) is 32.0 Å². The Morgan fingerprint density at radius 1 is 1.23 bits per heavy atom. The molecule has 8 heteroatoms. The highest BCUT2D eigenvalue weighted by Gasteiger charge is 2.20. The van der Waals surface area contributed by atoms with Crippen molar-refractivity contribution in [2.45, 2.75) is 17.9 Å². The van der Waals surface area contributed by atoms with Crippen LogP contribution >= 0.6 is 0 Å². The first kappa shape index (κ1) is 14.7. The molecule has 0 aliphatic carbocycles. The highest BCUT2D eigenvalue weighted by molar-refractivity contribution is 7.89. The van der Waals surface area contributed by atoms with E-state index in [0.717, 1.165) is 35.7 Å². The standard InChI is InChI=1S/C14H17N5O2S/c1-16-13-7-14(18-9-17-13)19-5-4-10-2-3-12(22(15,20)21)6-11(10)8-19/h2-3,6-7,9H,4-5,8H2,1H3,(H2,15,20,21)(H,16,17,18). The number of hydrogen-bond donors (Lipinski definition) is 2. The van der Waals surface area contributed by atoms with Crippen LogP contribution in [0.5, 0.6) is 0 Å². The number of anilines is 2. The number of nitrogens with one attached hydrogen (secondary N) is 1. The maximum atomic E-state index is 11.5. The van der Waals surface area contributed by atoms with Gasteiger partial charge in [0.2, 0.25) is 10.0 Å². The molecule has 116 valence electrons. The van der Waals surface area contributed by atoms with Gasteiger partial charge in [0.1, 0.15) is 18.0 Å². The Bertz CT molecular complexity index is 807. The van der Waals surface area contributed by atoms with Gasteiger partial charge in [-0.15, -0.1) is 0 Å². The van der Waals surface area contributed by atoms with E-state index in [1.165, 1.54) is 6.33 Å². The van der Waals surface area contributed by atoms with E-state index in [9.17, 15) is 8.42 Å². The molecule has 0 amide bonds. The minimum Gasteiger partial charge on any atom is -0.373 e. The topological polar surface area (TPSA) is 101 Å². The summed E-state index contributed by atoms with van der Waals surface area (Å²) in [5, 5.41) is 8.18. The van der Waals surface area contributed by atoms with Crippen LogP contribution in [0.1, 0.15) is 11.1 Å². The third-order valence-electron chi connectivity index (χ3n) is 3.75. The number of aromatic nitrogens is 2. The maximum absolute atomic E-state index is 11.5. The Labute approximate surface area is 129 Å². The molecule has 1 aromatic carbocycles.